The van der Waals surface area contributed by atoms with Gasteiger partial charge in [0.25, 0.3) is 5.91 Å². The van der Waals surface area contributed by atoms with E-state index in [2.05, 4.69) is 16.2 Å². The molecule has 0 aromatic heterocycles. The van der Waals surface area contributed by atoms with E-state index in [1.54, 1.807) is 20.8 Å². The fraction of sp³-hybridized carbons (Fsp3) is 0.750. The summed E-state index contributed by atoms with van der Waals surface area (Å²) in [6.45, 7) is 5.66. The molecule has 6 nitrogen and oxygen atoms in total. The standard InChI is InChI=1S/C8H15N3O3/c1-8(2,3)14-7(13)10-5-4-9-11-6(5)12/h5,9H,4H2,1-3H3,(H,10,13)(H,11,12)/t5-/m1/s1. The van der Waals surface area contributed by atoms with Gasteiger partial charge in [-0.25, -0.2) is 10.2 Å². The van der Waals surface area contributed by atoms with E-state index in [4.69, 9.17) is 4.74 Å². The minimum absolute atomic E-state index is 0.254. The molecule has 80 valence electrons. The zero-order valence-corrected chi connectivity index (χ0v) is 8.51. The van der Waals surface area contributed by atoms with Crippen LogP contribution >= 0.6 is 0 Å². The molecule has 1 aliphatic heterocycles. The molecule has 0 aromatic rings. The molecule has 1 aliphatic rings. The highest BCUT2D eigenvalue weighted by molar-refractivity contribution is 5.87. The van der Waals surface area contributed by atoms with E-state index >= 15 is 0 Å². The van der Waals surface area contributed by atoms with Crippen molar-refractivity contribution in [2.24, 2.45) is 0 Å². The first kappa shape index (κ1) is 10.8. The van der Waals surface area contributed by atoms with Gasteiger partial charge in [-0.1, -0.05) is 0 Å². The minimum Gasteiger partial charge on any atom is -0.444 e. The van der Waals surface area contributed by atoms with Crippen molar-refractivity contribution < 1.29 is 14.3 Å². The Hall–Kier alpha value is -1.30. The van der Waals surface area contributed by atoms with Gasteiger partial charge in [0, 0.05) is 6.54 Å². The summed E-state index contributed by atoms with van der Waals surface area (Å²) in [5.41, 5.74) is 4.45. The van der Waals surface area contributed by atoms with Gasteiger partial charge in [-0.05, 0) is 20.8 Å². The van der Waals surface area contributed by atoms with Gasteiger partial charge in [0.05, 0.1) is 0 Å². The first-order valence-electron chi connectivity index (χ1n) is 4.41. The molecule has 3 N–H and O–H groups in total. The van der Waals surface area contributed by atoms with Crippen LogP contribution in [0.4, 0.5) is 4.79 Å². The van der Waals surface area contributed by atoms with Crippen LogP contribution in [0.1, 0.15) is 20.8 Å². The second kappa shape index (κ2) is 3.83. The first-order chi connectivity index (χ1) is 6.38. The molecule has 0 unspecified atom stereocenters. The van der Waals surface area contributed by atoms with E-state index in [1.165, 1.54) is 0 Å². The number of ether oxygens (including phenoxy) is 1. The van der Waals surface area contributed by atoms with Crippen molar-refractivity contribution in [3.8, 4) is 0 Å². The Balaban J connectivity index is 2.37. The largest absolute Gasteiger partial charge is 0.444 e. The smallest absolute Gasteiger partial charge is 0.408 e. The maximum Gasteiger partial charge on any atom is 0.408 e. The summed E-state index contributed by atoms with van der Waals surface area (Å²) in [7, 11) is 0. The molecule has 14 heavy (non-hydrogen) atoms. The van der Waals surface area contributed by atoms with E-state index in [1.807, 2.05) is 0 Å². The van der Waals surface area contributed by atoms with Gasteiger partial charge in [0.15, 0.2) is 0 Å². The Morgan fingerprint density at radius 3 is 2.64 bits per heavy atom. The lowest BCUT2D eigenvalue weighted by Gasteiger charge is -2.20. The van der Waals surface area contributed by atoms with Crippen molar-refractivity contribution in [3.63, 3.8) is 0 Å². The molecular weight excluding hydrogens is 186 g/mol. The van der Waals surface area contributed by atoms with E-state index < -0.39 is 17.7 Å². The van der Waals surface area contributed by atoms with E-state index in [9.17, 15) is 9.59 Å². The van der Waals surface area contributed by atoms with Crippen LogP contribution < -0.4 is 16.2 Å². The van der Waals surface area contributed by atoms with Crippen LogP contribution in [0.3, 0.4) is 0 Å². The van der Waals surface area contributed by atoms with Gasteiger partial charge >= 0.3 is 6.09 Å². The van der Waals surface area contributed by atoms with Gasteiger partial charge < -0.3 is 10.1 Å². The van der Waals surface area contributed by atoms with E-state index in [0.717, 1.165) is 0 Å². The normalized spacial score (nSPS) is 21.6. The van der Waals surface area contributed by atoms with Crippen LogP contribution in [0.5, 0.6) is 0 Å². The molecule has 1 atom stereocenters. The fourth-order valence-electron chi connectivity index (χ4n) is 0.986. The summed E-state index contributed by atoms with van der Waals surface area (Å²) >= 11 is 0. The van der Waals surface area contributed by atoms with Crippen LogP contribution in [-0.4, -0.2) is 30.2 Å². The minimum atomic E-state index is -0.582. The summed E-state index contributed by atoms with van der Waals surface area (Å²) in [6, 6.07) is -0.551. The summed E-state index contributed by atoms with van der Waals surface area (Å²) in [4.78, 5) is 22.3. The van der Waals surface area contributed by atoms with Crippen LogP contribution in [0, 0.1) is 0 Å². The van der Waals surface area contributed by atoms with Crippen molar-refractivity contribution in [2.75, 3.05) is 6.54 Å². The topological polar surface area (TPSA) is 79.5 Å². The second-order valence-electron chi connectivity index (χ2n) is 4.07. The molecule has 1 fully saturated rings. The van der Waals surface area contributed by atoms with Crippen molar-refractivity contribution in [2.45, 2.75) is 32.4 Å². The molecule has 6 heteroatoms. The van der Waals surface area contributed by atoms with Gasteiger partial charge in [-0.15, -0.1) is 0 Å². The molecule has 0 saturated carbocycles. The third-order valence-electron chi connectivity index (χ3n) is 1.53. The number of alkyl carbamates (subject to hydrolysis) is 1. The average molecular weight is 201 g/mol. The third-order valence-corrected chi connectivity index (χ3v) is 1.53. The highest BCUT2D eigenvalue weighted by Gasteiger charge is 2.27. The summed E-state index contributed by atoms with van der Waals surface area (Å²) in [5, 5.41) is 2.45. The summed E-state index contributed by atoms with van der Waals surface area (Å²) in [5.74, 6) is -0.254. The fourth-order valence-corrected chi connectivity index (χ4v) is 0.986. The maximum absolute atomic E-state index is 11.2. The predicted molar refractivity (Wildman–Crippen MR) is 49.3 cm³/mol. The number of amides is 2. The van der Waals surface area contributed by atoms with Crippen LogP contribution in [0.15, 0.2) is 0 Å². The summed E-state index contributed by atoms with van der Waals surface area (Å²) in [6.07, 6.45) is -0.582. The monoisotopic (exact) mass is 201 g/mol. The van der Waals surface area contributed by atoms with Crippen molar-refractivity contribution in [1.29, 1.82) is 0 Å². The molecule has 1 saturated heterocycles. The molecule has 0 aliphatic carbocycles. The molecule has 0 bridgehead atoms. The van der Waals surface area contributed by atoms with E-state index in [0.29, 0.717) is 6.54 Å². The lowest BCUT2D eigenvalue weighted by Crippen LogP contribution is -2.44. The molecule has 1 rings (SSSR count). The molecular formula is C8H15N3O3. The van der Waals surface area contributed by atoms with Crippen molar-refractivity contribution in [3.05, 3.63) is 0 Å². The van der Waals surface area contributed by atoms with Crippen molar-refractivity contribution >= 4 is 12.0 Å². The quantitative estimate of drug-likeness (QED) is 0.535. The van der Waals surface area contributed by atoms with Crippen LogP contribution in [-0.2, 0) is 9.53 Å². The zero-order chi connectivity index (χ0) is 10.8. The number of hydrogen-bond donors (Lipinski definition) is 3. The molecule has 1 heterocycles. The second-order valence-corrected chi connectivity index (χ2v) is 4.07. The van der Waals surface area contributed by atoms with Crippen LogP contribution in [0.25, 0.3) is 0 Å². The zero-order valence-electron chi connectivity index (χ0n) is 8.51. The van der Waals surface area contributed by atoms with Crippen molar-refractivity contribution in [1.82, 2.24) is 16.2 Å². The van der Waals surface area contributed by atoms with Gasteiger partial charge in [-0.3, -0.25) is 10.2 Å². The Morgan fingerprint density at radius 2 is 2.21 bits per heavy atom. The number of hydrogen-bond acceptors (Lipinski definition) is 4. The van der Waals surface area contributed by atoms with Gasteiger partial charge in [0.1, 0.15) is 11.6 Å². The van der Waals surface area contributed by atoms with Gasteiger partial charge in [-0.2, -0.15) is 0 Å². The molecule has 2 amide bonds. The number of carbonyl (C=O) groups excluding carboxylic acids is 2. The highest BCUT2D eigenvalue weighted by atomic mass is 16.6. The van der Waals surface area contributed by atoms with E-state index in [-0.39, 0.29) is 5.91 Å². The number of rotatable bonds is 1. The average Bonchev–Trinajstić information content (AvgIpc) is 2.32. The molecule has 0 radical (unpaired) electrons. The SMILES string of the molecule is CC(C)(C)OC(=O)N[C@@H]1CNNC1=O. The lowest BCUT2D eigenvalue weighted by molar-refractivity contribution is -0.121. The van der Waals surface area contributed by atoms with Crippen LogP contribution in [0.2, 0.25) is 0 Å². The Labute approximate surface area is 82.3 Å². The third kappa shape index (κ3) is 3.21. The highest BCUT2D eigenvalue weighted by Crippen LogP contribution is 2.06. The number of nitrogens with one attached hydrogen (secondary N) is 3. The Morgan fingerprint density at radius 1 is 1.57 bits per heavy atom. The summed E-state index contributed by atoms with van der Waals surface area (Å²) < 4.78 is 4.99. The van der Waals surface area contributed by atoms with Gasteiger partial charge in [0.2, 0.25) is 0 Å². The number of carbonyl (C=O) groups is 2. The molecule has 0 spiro atoms. The lowest BCUT2D eigenvalue weighted by atomic mass is 10.2. The number of hydrazine groups is 1. The maximum atomic E-state index is 11.2. The first-order valence-corrected chi connectivity index (χ1v) is 4.41. The Bertz CT molecular complexity index is 247. The molecule has 0 aromatic carbocycles. The predicted octanol–water partition coefficient (Wildman–Crippen LogP) is -0.486. The Kier molecular flexibility index (Phi) is 2.95.